The summed E-state index contributed by atoms with van der Waals surface area (Å²) in [5.41, 5.74) is 1.34. The lowest BCUT2D eigenvalue weighted by Gasteiger charge is -2.17. The van der Waals surface area contributed by atoms with Gasteiger partial charge in [0.15, 0.2) is 0 Å². The SMILES string of the molecule is CC(C)(CC(=O)Oc1ccc(C=CC(=O)Oc2ccc(N=C=S)cc2)cc1)SN=O. The van der Waals surface area contributed by atoms with Crippen molar-refractivity contribution in [1.82, 2.24) is 0 Å². The minimum absolute atomic E-state index is 0.0374. The number of rotatable bonds is 9. The number of ether oxygens (including phenoxy) is 2. The molecule has 0 radical (unpaired) electrons. The molecule has 0 aliphatic heterocycles. The number of nitroso groups, excluding NO2 is 1. The van der Waals surface area contributed by atoms with Crippen molar-refractivity contribution in [2.45, 2.75) is 25.0 Å². The average Bonchev–Trinajstić information content (AvgIpc) is 2.68. The third-order valence-corrected chi connectivity index (χ3v) is 4.41. The van der Waals surface area contributed by atoms with Crippen LogP contribution in [0, 0.1) is 4.91 Å². The van der Waals surface area contributed by atoms with Crippen LogP contribution in [0.25, 0.3) is 6.08 Å². The molecule has 0 bridgehead atoms. The fraction of sp³-hybridized carbons (Fsp3) is 0.190. The quantitative estimate of drug-likeness (QED) is 0.0958. The average molecular weight is 443 g/mol. The number of carbonyl (C=O) groups is 2. The third-order valence-electron chi connectivity index (χ3n) is 3.61. The molecule has 0 heterocycles. The maximum absolute atomic E-state index is 12.0. The molecule has 0 aliphatic rings. The van der Waals surface area contributed by atoms with E-state index in [9.17, 15) is 14.5 Å². The molecule has 0 amide bonds. The molecule has 0 fully saturated rings. The summed E-state index contributed by atoms with van der Waals surface area (Å²) in [5, 5.41) is 2.26. The second-order valence-corrected chi connectivity index (χ2v) is 8.22. The van der Waals surface area contributed by atoms with Gasteiger partial charge >= 0.3 is 11.9 Å². The van der Waals surface area contributed by atoms with Crippen LogP contribution in [-0.2, 0) is 9.59 Å². The Balaban J connectivity index is 1.89. The zero-order valence-electron chi connectivity index (χ0n) is 16.2. The molecule has 0 unspecified atom stereocenters. The predicted octanol–water partition coefficient (Wildman–Crippen LogP) is 5.53. The van der Waals surface area contributed by atoms with E-state index in [1.54, 1.807) is 68.5 Å². The van der Waals surface area contributed by atoms with E-state index in [1.807, 2.05) is 0 Å². The molecule has 2 aromatic rings. The minimum Gasteiger partial charge on any atom is -0.426 e. The number of esters is 2. The van der Waals surface area contributed by atoms with Crippen LogP contribution in [0.1, 0.15) is 25.8 Å². The fourth-order valence-electron chi connectivity index (χ4n) is 2.25. The van der Waals surface area contributed by atoms with Gasteiger partial charge in [0, 0.05) is 27.4 Å². The minimum atomic E-state index is -0.640. The molecule has 0 saturated heterocycles. The molecule has 9 heteroatoms. The summed E-state index contributed by atoms with van der Waals surface area (Å²) in [7, 11) is 0. The lowest BCUT2D eigenvalue weighted by atomic mass is 10.1. The molecule has 0 aromatic heterocycles. The number of carbonyl (C=O) groups excluding carboxylic acids is 2. The van der Waals surface area contributed by atoms with Crippen LogP contribution in [0.2, 0.25) is 0 Å². The number of benzene rings is 2. The Morgan fingerprint density at radius 1 is 1.07 bits per heavy atom. The Hall–Kier alpha value is -3.13. The van der Waals surface area contributed by atoms with Crippen LogP contribution >= 0.6 is 24.2 Å². The normalized spacial score (nSPS) is 10.9. The summed E-state index contributed by atoms with van der Waals surface area (Å²) in [6.07, 6.45) is 2.90. The summed E-state index contributed by atoms with van der Waals surface area (Å²) in [6.45, 7) is 3.46. The number of hydrogen-bond donors (Lipinski definition) is 0. The maximum atomic E-state index is 12.0. The summed E-state index contributed by atoms with van der Waals surface area (Å²) >= 11 is 5.32. The first-order chi connectivity index (χ1) is 14.3. The molecule has 7 nitrogen and oxygen atoms in total. The fourth-order valence-corrected chi connectivity index (χ4v) is 2.74. The molecule has 154 valence electrons. The molecular formula is C21H18N2O5S2. The molecule has 2 rings (SSSR count). The number of isothiocyanates is 1. The van der Waals surface area contributed by atoms with Crippen molar-refractivity contribution < 1.29 is 19.1 Å². The first-order valence-electron chi connectivity index (χ1n) is 8.71. The zero-order valence-corrected chi connectivity index (χ0v) is 17.9. The highest BCUT2D eigenvalue weighted by atomic mass is 32.2. The van der Waals surface area contributed by atoms with E-state index in [1.165, 1.54) is 6.08 Å². The highest BCUT2D eigenvalue weighted by Crippen LogP contribution is 2.29. The Labute approximate surface area is 183 Å². The number of nitrogens with zero attached hydrogens (tertiary/aromatic N) is 2. The molecule has 0 saturated carbocycles. The van der Waals surface area contributed by atoms with Crippen molar-refractivity contribution in [2.24, 2.45) is 9.57 Å². The summed E-state index contributed by atoms with van der Waals surface area (Å²) in [4.78, 5) is 38.1. The first-order valence-corrected chi connectivity index (χ1v) is 9.89. The van der Waals surface area contributed by atoms with Crippen molar-refractivity contribution in [1.29, 1.82) is 0 Å². The largest absolute Gasteiger partial charge is 0.426 e. The zero-order chi connectivity index (χ0) is 22.0. The van der Waals surface area contributed by atoms with Gasteiger partial charge in [0.2, 0.25) is 0 Å². The van der Waals surface area contributed by atoms with Crippen LogP contribution in [0.4, 0.5) is 5.69 Å². The van der Waals surface area contributed by atoms with E-state index in [-0.39, 0.29) is 6.42 Å². The number of hydrogen-bond acceptors (Lipinski definition) is 9. The smallest absolute Gasteiger partial charge is 0.336 e. The molecule has 2 aromatic carbocycles. The van der Waals surface area contributed by atoms with Crippen LogP contribution in [0.3, 0.4) is 0 Å². The summed E-state index contributed by atoms with van der Waals surface area (Å²) in [5.74, 6) is -0.273. The van der Waals surface area contributed by atoms with Gasteiger partial charge in [-0.2, -0.15) is 4.99 Å². The van der Waals surface area contributed by atoms with Crippen LogP contribution in [0.15, 0.2) is 64.2 Å². The van der Waals surface area contributed by atoms with Crippen LogP contribution in [-0.4, -0.2) is 21.8 Å². The molecular weight excluding hydrogens is 424 g/mol. The Kier molecular flexibility index (Phi) is 8.61. The van der Waals surface area contributed by atoms with E-state index < -0.39 is 16.7 Å². The van der Waals surface area contributed by atoms with Crippen LogP contribution < -0.4 is 9.47 Å². The second-order valence-electron chi connectivity index (χ2n) is 6.60. The Morgan fingerprint density at radius 3 is 2.27 bits per heavy atom. The standard InChI is InChI=1S/C21H18N2O5S2/c1-21(2,30-23-26)13-20(25)28-17-8-3-15(4-9-17)5-12-19(24)27-18-10-6-16(7-11-18)22-14-29/h3-12H,13H2,1-2H3. The van der Waals surface area contributed by atoms with Crippen molar-refractivity contribution in [3.05, 3.63) is 65.1 Å². The van der Waals surface area contributed by atoms with Gasteiger partial charge in [0.1, 0.15) is 11.5 Å². The van der Waals surface area contributed by atoms with Gasteiger partial charge in [-0.05, 0) is 74.1 Å². The second kappa shape index (κ2) is 11.2. The van der Waals surface area contributed by atoms with Crippen LogP contribution in [0.5, 0.6) is 11.5 Å². The molecule has 30 heavy (non-hydrogen) atoms. The van der Waals surface area contributed by atoms with E-state index in [2.05, 4.69) is 27.0 Å². The van der Waals surface area contributed by atoms with Gasteiger partial charge in [0.25, 0.3) is 0 Å². The first kappa shape index (κ1) is 23.2. The molecule has 0 N–H and O–H groups in total. The topological polar surface area (TPSA) is 94.4 Å². The van der Waals surface area contributed by atoms with Gasteiger partial charge < -0.3 is 9.47 Å². The molecule has 0 aliphatic carbocycles. The van der Waals surface area contributed by atoms with E-state index in [0.717, 1.165) is 17.5 Å². The van der Waals surface area contributed by atoms with E-state index in [4.69, 9.17) is 9.47 Å². The van der Waals surface area contributed by atoms with Crippen molar-refractivity contribution in [2.75, 3.05) is 0 Å². The van der Waals surface area contributed by atoms with E-state index >= 15 is 0 Å². The lowest BCUT2D eigenvalue weighted by Crippen LogP contribution is -2.22. The Morgan fingerprint density at radius 2 is 1.67 bits per heavy atom. The Bertz CT molecular complexity index is 979. The van der Waals surface area contributed by atoms with Gasteiger partial charge in [-0.3, -0.25) is 4.79 Å². The molecule has 0 spiro atoms. The maximum Gasteiger partial charge on any atom is 0.336 e. The monoisotopic (exact) mass is 442 g/mol. The van der Waals surface area contributed by atoms with Gasteiger partial charge in [0.05, 0.1) is 17.3 Å². The van der Waals surface area contributed by atoms with E-state index in [0.29, 0.717) is 17.2 Å². The highest BCUT2D eigenvalue weighted by molar-refractivity contribution is 7.99. The van der Waals surface area contributed by atoms with Gasteiger partial charge in [-0.15, -0.1) is 4.91 Å². The van der Waals surface area contributed by atoms with Crippen molar-refractivity contribution >= 4 is 53.0 Å². The predicted molar refractivity (Wildman–Crippen MR) is 120 cm³/mol. The van der Waals surface area contributed by atoms with Crippen molar-refractivity contribution in [3.63, 3.8) is 0 Å². The summed E-state index contributed by atoms with van der Waals surface area (Å²) < 4.78 is 12.6. The van der Waals surface area contributed by atoms with Gasteiger partial charge in [-0.1, -0.05) is 12.1 Å². The van der Waals surface area contributed by atoms with Crippen molar-refractivity contribution in [3.8, 4) is 11.5 Å². The third kappa shape index (κ3) is 8.08. The summed E-state index contributed by atoms with van der Waals surface area (Å²) in [6, 6.07) is 13.1. The van der Waals surface area contributed by atoms with Gasteiger partial charge in [-0.25, -0.2) is 4.79 Å². The number of thiocarbonyl (C=S) groups is 1. The highest BCUT2D eigenvalue weighted by Gasteiger charge is 2.25. The lowest BCUT2D eigenvalue weighted by molar-refractivity contribution is -0.134. The number of aliphatic imine (C=N–C) groups is 1. The molecule has 0 atom stereocenters.